The number of thiophene rings is 1. The van der Waals surface area contributed by atoms with Gasteiger partial charge < -0.3 is 10.6 Å². The Labute approximate surface area is 196 Å². The number of thiazole rings is 1. The lowest BCUT2D eigenvalue weighted by molar-refractivity contribution is 0.101. The number of nitrogens with one attached hydrogen (secondary N) is 2. The summed E-state index contributed by atoms with van der Waals surface area (Å²) in [6, 6.07) is 15.8. The molecule has 0 atom stereocenters. The first-order valence-corrected chi connectivity index (χ1v) is 11.7. The summed E-state index contributed by atoms with van der Waals surface area (Å²) in [6.45, 7) is 0. The maximum Gasteiger partial charge on any atom is 0.265 e. The van der Waals surface area contributed by atoms with Gasteiger partial charge in [0.2, 0.25) is 0 Å². The van der Waals surface area contributed by atoms with Gasteiger partial charge in [-0.25, -0.2) is 4.98 Å². The maximum atomic E-state index is 12.8. The molecule has 0 saturated carbocycles. The number of benzene rings is 2. The highest BCUT2D eigenvalue weighted by atomic mass is 35.5. The SMILES string of the molecule is O=C(Nc1ccc(-c2cn3ccsc3n2)cc1)c1ccc(Cl)c(NC(=O)c2cccs2)c1. The maximum absolute atomic E-state index is 12.8. The van der Waals surface area contributed by atoms with Crippen LogP contribution in [-0.4, -0.2) is 21.2 Å². The highest BCUT2D eigenvalue weighted by Crippen LogP contribution is 2.26. The van der Waals surface area contributed by atoms with Crippen molar-refractivity contribution in [1.82, 2.24) is 9.38 Å². The average Bonchev–Trinajstić information content (AvgIpc) is 3.53. The number of fused-ring (bicyclic) bond motifs is 1. The van der Waals surface area contributed by atoms with Gasteiger partial charge in [-0.05, 0) is 41.8 Å². The summed E-state index contributed by atoms with van der Waals surface area (Å²) in [5.74, 6) is -0.572. The molecule has 158 valence electrons. The van der Waals surface area contributed by atoms with E-state index in [1.165, 1.54) is 11.3 Å². The third kappa shape index (κ3) is 4.16. The van der Waals surface area contributed by atoms with Gasteiger partial charge in [-0.15, -0.1) is 22.7 Å². The van der Waals surface area contributed by atoms with Crippen molar-refractivity contribution in [3.63, 3.8) is 0 Å². The largest absolute Gasteiger partial charge is 0.322 e. The van der Waals surface area contributed by atoms with Crippen LogP contribution in [0.4, 0.5) is 11.4 Å². The highest BCUT2D eigenvalue weighted by Gasteiger charge is 2.13. The van der Waals surface area contributed by atoms with E-state index in [0.717, 1.165) is 16.2 Å². The molecular formula is C23H15ClN4O2S2. The Morgan fingerprint density at radius 1 is 0.938 bits per heavy atom. The topological polar surface area (TPSA) is 75.5 Å². The van der Waals surface area contributed by atoms with E-state index in [1.807, 2.05) is 51.8 Å². The smallest absolute Gasteiger partial charge is 0.265 e. The molecular weight excluding hydrogens is 464 g/mol. The molecule has 5 rings (SSSR count). The zero-order chi connectivity index (χ0) is 22.1. The Kier molecular flexibility index (Phi) is 5.48. The second-order valence-electron chi connectivity index (χ2n) is 6.88. The Hall–Kier alpha value is -3.46. The summed E-state index contributed by atoms with van der Waals surface area (Å²) >= 11 is 9.12. The van der Waals surface area contributed by atoms with Crippen LogP contribution >= 0.6 is 34.3 Å². The van der Waals surface area contributed by atoms with E-state index >= 15 is 0 Å². The van der Waals surface area contributed by atoms with Crippen molar-refractivity contribution in [1.29, 1.82) is 0 Å². The van der Waals surface area contributed by atoms with Crippen LogP contribution < -0.4 is 10.6 Å². The molecule has 0 aliphatic heterocycles. The van der Waals surface area contributed by atoms with Crippen LogP contribution in [0.1, 0.15) is 20.0 Å². The second kappa shape index (κ2) is 8.58. The van der Waals surface area contributed by atoms with Crippen LogP contribution in [0.15, 0.2) is 77.8 Å². The van der Waals surface area contributed by atoms with E-state index in [-0.39, 0.29) is 11.8 Å². The van der Waals surface area contributed by atoms with E-state index in [0.29, 0.717) is 26.8 Å². The number of imidazole rings is 1. The molecule has 0 bridgehead atoms. The number of amides is 2. The molecule has 9 heteroatoms. The summed E-state index contributed by atoms with van der Waals surface area (Å²) in [5, 5.41) is 9.79. The lowest BCUT2D eigenvalue weighted by Gasteiger charge is -2.10. The Balaban J connectivity index is 1.30. The summed E-state index contributed by atoms with van der Waals surface area (Å²) < 4.78 is 1.98. The van der Waals surface area contributed by atoms with Gasteiger partial charge in [0, 0.05) is 34.6 Å². The lowest BCUT2D eigenvalue weighted by Crippen LogP contribution is -2.14. The summed E-state index contributed by atoms with van der Waals surface area (Å²) in [6.07, 6.45) is 3.94. The van der Waals surface area contributed by atoms with Crippen LogP contribution in [0.5, 0.6) is 0 Å². The number of halogens is 1. The molecule has 0 saturated heterocycles. The number of carbonyl (C=O) groups excluding carboxylic acids is 2. The number of aromatic nitrogens is 2. The molecule has 0 fully saturated rings. The standard InChI is InChI=1S/C23H15ClN4O2S2/c24-17-8-5-15(12-18(17)26-22(30)20-2-1-10-31-20)21(29)25-16-6-3-14(4-7-16)19-13-28-9-11-32-23(28)27-19/h1-13H,(H,25,29)(H,26,30). The number of anilines is 2. The first-order chi connectivity index (χ1) is 15.6. The van der Waals surface area contributed by atoms with Crippen molar-refractivity contribution in [2.45, 2.75) is 0 Å². The lowest BCUT2D eigenvalue weighted by atomic mass is 10.1. The fourth-order valence-electron chi connectivity index (χ4n) is 3.15. The molecule has 2 amide bonds. The molecule has 0 unspecified atom stereocenters. The molecule has 3 heterocycles. The zero-order valence-electron chi connectivity index (χ0n) is 16.4. The third-order valence-electron chi connectivity index (χ3n) is 4.75. The van der Waals surface area contributed by atoms with Gasteiger partial charge in [-0.1, -0.05) is 29.8 Å². The first-order valence-electron chi connectivity index (χ1n) is 9.55. The van der Waals surface area contributed by atoms with E-state index in [9.17, 15) is 9.59 Å². The van der Waals surface area contributed by atoms with Crippen LogP contribution in [0, 0.1) is 0 Å². The number of hydrogen-bond acceptors (Lipinski definition) is 5. The molecule has 2 aromatic carbocycles. The van der Waals surface area contributed by atoms with Gasteiger partial charge in [-0.3, -0.25) is 14.0 Å². The van der Waals surface area contributed by atoms with Crippen LogP contribution in [0.2, 0.25) is 5.02 Å². The van der Waals surface area contributed by atoms with E-state index in [4.69, 9.17) is 11.6 Å². The number of nitrogens with zero attached hydrogens (tertiary/aromatic N) is 2. The molecule has 0 aliphatic carbocycles. The van der Waals surface area contributed by atoms with E-state index < -0.39 is 0 Å². The zero-order valence-corrected chi connectivity index (χ0v) is 18.8. The van der Waals surface area contributed by atoms with E-state index in [2.05, 4.69) is 15.6 Å². The number of rotatable bonds is 5. The molecule has 3 aromatic heterocycles. The Morgan fingerprint density at radius 3 is 2.53 bits per heavy atom. The van der Waals surface area contributed by atoms with Crippen LogP contribution in [-0.2, 0) is 0 Å². The normalized spacial score (nSPS) is 10.9. The van der Waals surface area contributed by atoms with Crippen molar-refractivity contribution in [2.24, 2.45) is 0 Å². The monoisotopic (exact) mass is 478 g/mol. The minimum atomic E-state index is -0.302. The second-order valence-corrected chi connectivity index (χ2v) is 9.10. The molecule has 0 aliphatic rings. The van der Waals surface area contributed by atoms with Crippen LogP contribution in [0.25, 0.3) is 16.2 Å². The fourth-order valence-corrected chi connectivity index (χ4v) is 4.63. The minimum absolute atomic E-state index is 0.269. The van der Waals surface area contributed by atoms with E-state index in [1.54, 1.807) is 41.7 Å². The predicted octanol–water partition coefficient (Wildman–Crippen LogP) is 6.28. The van der Waals surface area contributed by atoms with Crippen LogP contribution in [0.3, 0.4) is 0 Å². The van der Waals surface area contributed by atoms with Gasteiger partial charge in [0.05, 0.1) is 21.3 Å². The van der Waals surface area contributed by atoms with Crippen molar-refractivity contribution in [2.75, 3.05) is 10.6 Å². The molecule has 6 nitrogen and oxygen atoms in total. The number of carbonyl (C=O) groups is 2. The predicted molar refractivity (Wildman–Crippen MR) is 130 cm³/mol. The quantitative estimate of drug-likeness (QED) is 0.312. The van der Waals surface area contributed by atoms with Crippen molar-refractivity contribution < 1.29 is 9.59 Å². The van der Waals surface area contributed by atoms with Crippen molar-refractivity contribution in [3.05, 3.63) is 93.2 Å². The van der Waals surface area contributed by atoms with Crippen molar-refractivity contribution in [3.8, 4) is 11.3 Å². The molecule has 32 heavy (non-hydrogen) atoms. The molecule has 0 radical (unpaired) electrons. The van der Waals surface area contributed by atoms with Gasteiger partial charge in [0.1, 0.15) is 0 Å². The fraction of sp³-hybridized carbons (Fsp3) is 0. The summed E-state index contributed by atoms with van der Waals surface area (Å²) in [4.78, 5) is 31.2. The Morgan fingerprint density at radius 2 is 1.78 bits per heavy atom. The third-order valence-corrected chi connectivity index (χ3v) is 6.72. The van der Waals surface area contributed by atoms with Gasteiger partial charge in [0.25, 0.3) is 11.8 Å². The van der Waals surface area contributed by atoms with Gasteiger partial charge >= 0.3 is 0 Å². The van der Waals surface area contributed by atoms with Crippen molar-refractivity contribution >= 4 is 62.4 Å². The molecule has 2 N–H and O–H groups in total. The molecule has 0 spiro atoms. The highest BCUT2D eigenvalue weighted by molar-refractivity contribution is 7.15. The first kappa shape index (κ1) is 20.4. The van der Waals surface area contributed by atoms with Gasteiger partial charge in [-0.2, -0.15) is 0 Å². The minimum Gasteiger partial charge on any atom is -0.322 e. The Bertz CT molecular complexity index is 1390. The average molecular weight is 479 g/mol. The summed E-state index contributed by atoms with van der Waals surface area (Å²) in [5.41, 5.74) is 3.25. The van der Waals surface area contributed by atoms with Gasteiger partial charge in [0.15, 0.2) is 4.96 Å². The summed E-state index contributed by atoms with van der Waals surface area (Å²) in [7, 11) is 0. The molecule has 5 aromatic rings. The number of hydrogen-bond donors (Lipinski definition) is 2.